The minimum Gasteiger partial charge on any atom is -0.361 e. The molecule has 0 radical (unpaired) electrons. The maximum Gasteiger partial charge on any atom is 0.0456 e. The van der Waals surface area contributed by atoms with Crippen LogP contribution in [0.3, 0.4) is 0 Å². The van der Waals surface area contributed by atoms with E-state index >= 15 is 0 Å². The molecule has 0 spiro atoms. The Morgan fingerprint density at radius 3 is 2.60 bits per heavy atom. The maximum atomic E-state index is 3.59. The van der Waals surface area contributed by atoms with Gasteiger partial charge in [0.25, 0.3) is 0 Å². The highest BCUT2D eigenvalue weighted by Gasteiger charge is 2.05. The smallest absolute Gasteiger partial charge is 0.0456 e. The van der Waals surface area contributed by atoms with Crippen molar-refractivity contribution in [2.45, 2.75) is 19.4 Å². The van der Waals surface area contributed by atoms with E-state index in [-0.39, 0.29) is 0 Å². The van der Waals surface area contributed by atoms with E-state index in [9.17, 15) is 0 Å². The molecular weight excluding hydrogens is 244 g/mol. The Kier molecular flexibility index (Phi) is 3.84. The van der Waals surface area contributed by atoms with E-state index in [0.717, 1.165) is 13.0 Å². The lowest BCUT2D eigenvalue weighted by Crippen LogP contribution is -2.21. The summed E-state index contributed by atoms with van der Waals surface area (Å²) in [5.41, 5.74) is 3.94. The van der Waals surface area contributed by atoms with Crippen LogP contribution in [0.25, 0.3) is 10.9 Å². The number of fused-ring (bicyclic) bond motifs is 1. The quantitative estimate of drug-likeness (QED) is 0.714. The van der Waals surface area contributed by atoms with Crippen molar-refractivity contribution in [2.24, 2.45) is 0 Å². The predicted molar refractivity (Wildman–Crippen MR) is 84.9 cm³/mol. The Bertz CT molecular complexity index is 670. The molecule has 1 atom stereocenters. The van der Waals surface area contributed by atoms with Gasteiger partial charge in [-0.05, 0) is 37.1 Å². The number of aromatic amines is 1. The molecule has 0 amide bonds. The Morgan fingerprint density at radius 1 is 1.00 bits per heavy atom. The number of rotatable bonds is 5. The van der Waals surface area contributed by atoms with Gasteiger partial charge in [-0.2, -0.15) is 0 Å². The minimum atomic E-state index is 0.390. The third kappa shape index (κ3) is 2.75. The zero-order chi connectivity index (χ0) is 13.8. The highest BCUT2D eigenvalue weighted by Crippen LogP contribution is 2.18. The average molecular weight is 264 g/mol. The average Bonchev–Trinajstić information content (AvgIpc) is 2.92. The van der Waals surface area contributed by atoms with E-state index < -0.39 is 0 Å². The van der Waals surface area contributed by atoms with Crippen LogP contribution in [0.2, 0.25) is 0 Å². The van der Waals surface area contributed by atoms with Crippen LogP contribution in [0.15, 0.2) is 60.8 Å². The van der Waals surface area contributed by atoms with Gasteiger partial charge in [-0.25, -0.2) is 0 Å². The molecular formula is C18H20N2. The molecule has 0 unspecified atom stereocenters. The number of H-pyrrole nitrogens is 1. The van der Waals surface area contributed by atoms with Gasteiger partial charge in [0.1, 0.15) is 0 Å². The second-order valence-electron chi connectivity index (χ2n) is 5.20. The number of benzene rings is 2. The molecule has 1 heterocycles. The number of aromatic nitrogens is 1. The highest BCUT2D eigenvalue weighted by atomic mass is 14.9. The van der Waals surface area contributed by atoms with Crippen LogP contribution >= 0.6 is 0 Å². The number of nitrogens with one attached hydrogen (secondary N) is 2. The molecule has 2 nitrogen and oxygen atoms in total. The second kappa shape index (κ2) is 5.93. The summed E-state index contributed by atoms with van der Waals surface area (Å²) in [5, 5.41) is 4.92. The summed E-state index contributed by atoms with van der Waals surface area (Å²) in [7, 11) is 0. The molecule has 2 heteroatoms. The molecule has 0 aliphatic rings. The van der Waals surface area contributed by atoms with Crippen molar-refractivity contribution >= 4 is 10.9 Å². The van der Waals surface area contributed by atoms with Gasteiger partial charge in [0, 0.05) is 23.1 Å². The standard InChI is InChI=1S/C18H20N2/c1-14(15-7-3-2-4-8-15)19-12-11-16-13-20-18-10-6-5-9-17(16)18/h2-10,13-14,19-20H,11-12H2,1H3/t14-/m0/s1. The Hall–Kier alpha value is -2.06. The van der Waals surface area contributed by atoms with Crippen LogP contribution in [0.4, 0.5) is 0 Å². The fraction of sp³-hybridized carbons (Fsp3) is 0.222. The summed E-state index contributed by atoms with van der Waals surface area (Å²) in [4.78, 5) is 3.33. The van der Waals surface area contributed by atoms with Crippen LogP contribution in [-0.4, -0.2) is 11.5 Å². The first-order valence-electron chi connectivity index (χ1n) is 7.18. The maximum absolute atomic E-state index is 3.59. The normalized spacial score (nSPS) is 12.7. The first-order valence-corrected chi connectivity index (χ1v) is 7.18. The van der Waals surface area contributed by atoms with Crippen molar-refractivity contribution < 1.29 is 0 Å². The molecule has 3 rings (SSSR count). The minimum absolute atomic E-state index is 0.390. The Labute approximate surface area is 119 Å². The van der Waals surface area contributed by atoms with E-state index in [2.05, 4.69) is 78.0 Å². The predicted octanol–water partition coefficient (Wildman–Crippen LogP) is 4.06. The molecule has 1 aromatic heterocycles. The Morgan fingerprint density at radius 2 is 1.75 bits per heavy atom. The lowest BCUT2D eigenvalue weighted by Gasteiger charge is -2.13. The number of hydrogen-bond donors (Lipinski definition) is 2. The van der Waals surface area contributed by atoms with E-state index in [1.807, 2.05) is 0 Å². The fourth-order valence-electron chi connectivity index (χ4n) is 2.62. The third-order valence-corrected chi connectivity index (χ3v) is 3.82. The lowest BCUT2D eigenvalue weighted by molar-refractivity contribution is 0.577. The molecule has 0 saturated carbocycles. The molecule has 2 N–H and O–H groups in total. The van der Waals surface area contributed by atoms with Crippen molar-refractivity contribution in [1.82, 2.24) is 10.3 Å². The van der Waals surface area contributed by atoms with Crippen molar-refractivity contribution in [3.05, 3.63) is 71.9 Å². The van der Waals surface area contributed by atoms with Gasteiger partial charge in [-0.15, -0.1) is 0 Å². The van der Waals surface area contributed by atoms with Crippen molar-refractivity contribution in [3.63, 3.8) is 0 Å². The van der Waals surface area contributed by atoms with Crippen LogP contribution in [0.5, 0.6) is 0 Å². The van der Waals surface area contributed by atoms with Gasteiger partial charge in [-0.3, -0.25) is 0 Å². The van der Waals surface area contributed by atoms with Crippen molar-refractivity contribution in [3.8, 4) is 0 Å². The van der Waals surface area contributed by atoms with Crippen LogP contribution in [0, 0.1) is 0 Å². The van der Waals surface area contributed by atoms with E-state index in [1.165, 1.54) is 22.0 Å². The van der Waals surface area contributed by atoms with E-state index in [0.29, 0.717) is 6.04 Å². The summed E-state index contributed by atoms with van der Waals surface area (Å²) in [6.07, 6.45) is 3.17. The molecule has 20 heavy (non-hydrogen) atoms. The zero-order valence-electron chi connectivity index (χ0n) is 11.8. The first-order chi connectivity index (χ1) is 9.84. The molecule has 0 saturated heterocycles. The molecule has 0 bridgehead atoms. The van der Waals surface area contributed by atoms with Crippen molar-refractivity contribution in [1.29, 1.82) is 0 Å². The third-order valence-electron chi connectivity index (χ3n) is 3.82. The molecule has 0 aliphatic carbocycles. The fourth-order valence-corrected chi connectivity index (χ4v) is 2.62. The van der Waals surface area contributed by atoms with Crippen LogP contribution < -0.4 is 5.32 Å². The van der Waals surface area contributed by atoms with Gasteiger partial charge in [0.2, 0.25) is 0 Å². The molecule has 2 aromatic carbocycles. The summed E-state index contributed by atoms with van der Waals surface area (Å²) in [5.74, 6) is 0. The number of para-hydroxylation sites is 1. The molecule has 0 aliphatic heterocycles. The van der Waals surface area contributed by atoms with Gasteiger partial charge in [-0.1, -0.05) is 48.5 Å². The van der Waals surface area contributed by atoms with Gasteiger partial charge in [0.05, 0.1) is 0 Å². The SMILES string of the molecule is C[C@H](NCCc1c[nH]c2ccccc12)c1ccccc1. The van der Waals surface area contributed by atoms with E-state index in [4.69, 9.17) is 0 Å². The van der Waals surface area contributed by atoms with Crippen LogP contribution in [-0.2, 0) is 6.42 Å². The monoisotopic (exact) mass is 264 g/mol. The molecule has 0 fully saturated rings. The molecule has 102 valence electrons. The molecule has 3 aromatic rings. The number of hydrogen-bond acceptors (Lipinski definition) is 1. The zero-order valence-corrected chi connectivity index (χ0v) is 11.8. The van der Waals surface area contributed by atoms with Gasteiger partial charge in [0.15, 0.2) is 0 Å². The summed E-state index contributed by atoms with van der Waals surface area (Å²) in [6, 6.07) is 19.4. The second-order valence-corrected chi connectivity index (χ2v) is 5.20. The summed E-state index contributed by atoms with van der Waals surface area (Å²) >= 11 is 0. The topological polar surface area (TPSA) is 27.8 Å². The lowest BCUT2D eigenvalue weighted by atomic mass is 10.1. The first kappa shape index (κ1) is 12.9. The summed E-state index contributed by atoms with van der Waals surface area (Å²) < 4.78 is 0. The summed E-state index contributed by atoms with van der Waals surface area (Å²) in [6.45, 7) is 3.20. The Balaban J connectivity index is 1.60. The highest BCUT2D eigenvalue weighted by molar-refractivity contribution is 5.83. The van der Waals surface area contributed by atoms with Crippen molar-refractivity contribution in [2.75, 3.05) is 6.54 Å². The van der Waals surface area contributed by atoms with Gasteiger partial charge < -0.3 is 10.3 Å². The van der Waals surface area contributed by atoms with Crippen LogP contribution in [0.1, 0.15) is 24.1 Å². The van der Waals surface area contributed by atoms with E-state index in [1.54, 1.807) is 0 Å². The largest absolute Gasteiger partial charge is 0.361 e. The van der Waals surface area contributed by atoms with Gasteiger partial charge >= 0.3 is 0 Å².